The summed E-state index contributed by atoms with van der Waals surface area (Å²) in [6, 6.07) is 3.24. The van der Waals surface area contributed by atoms with Crippen molar-refractivity contribution in [1.29, 1.82) is 0 Å². The van der Waals surface area contributed by atoms with Gasteiger partial charge in [0.25, 0.3) is 0 Å². The Morgan fingerprint density at radius 2 is 2.19 bits per heavy atom. The second-order valence-electron chi connectivity index (χ2n) is 3.09. The van der Waals surface area contributed by atoms with Crippen LogP contribution in [0.25, 0.3) is 5.82 Å². The first-order valence-corrected chi connectivity index (χ1v) is 6.23. The van der Waals surface area contributed by atoms with Gasteiger partial charge in [-0.2, -0.15) is 5.10 Å². The van der Waals surface area contributed by atoms with Gasteiger partial charge >= 0.3 is 0 Å². The van der Waals surface area contributed by atoms with Gasteiger partial charge in [-0.1, -0.05) is 0 Å². The topological polar surface area (TPSA) is 89.8 Å². The highest BCUT2D eigenvalue weighted by Gasteiger charge is 2.05. The Morgan fingerprint density at radius 3 is 2.81 bits per heavy atom. The number of aromatic nitrogens is 4. The fourth-order valence-electron chi connectivity index (χ4n) is 1.12. The third-order valence-corrected chi connectivity index (χ3v) is 2.26. The van der Waals surface area contributed by atoms with Crippen LogP contribution in [-0.2, 0) is 10.0 Å². The quantitative estimate of drug-likeness (QED) is 0.816. The summed E-state index contributed by atoms with van der Waals surface area (Å²) in [4.78, 5) is 7.76. The van der Waals surface area contributed by atoms with Crippen molar-refractivity contribution in [2.75, 3.05) is 11.0 Å². The average molecular weight is 239 g/mol. The molecule has 2 aromatic rings. The number of sulfonamides is 1. The molecule has 0 saturated heterocycles. The summed E-state index contributed by atoms with van der Waals surface area (Å²) in [5.74, 6) is 0.703. The molecule has 0 bridgehead atoms. The molecule has 2 heterocycles. The Balaban J connectivity index is 2.34. The van der Waals surface area contributed by atoms with Crippen LogP contribution in [0.4, 0.5) is 5.82 Å². The van der Waals surface area contributed by atoms with E-state index >= 15 is 0 Å². The Kier molecular flexibility index (Phi) is 2.57. The van der Waals surface area contributed by atoms with Crippen molar-refractivity contribution in [2.24, 2.45) is 0 Å². The van der Waals surface area contributed by atoms with Crippen molar-refractivity contribution in [1.82, 2.24) is 19.7 Å². The molecule has 1 N–H and O–H groups in total. The molecule has 0 aliphatic carbocycles. The van der Waals surface area contributed by atoms with E-state index in [1.54, 1.807) is 18.5 Å². The zero-order valence-corrected chi connectivity index (χ0v) is 9.22. The summed E-state index contributed by atoms with van der Waals surface area (Å²) in [5.41, 5.74) is 0. The first kappa shape index (κ1) is 10.6. The third kappa shape index (κ3) is 2.54. The number of nitrogens with zero attached hydrogens (tertiary/aromatic N) is 4. The summed E-state index contributed by atoms with van der Waals surface area (Å²) >= 11 is 0. The maximum Gasteiger partial charge on any atom is 0.230 e. The minimum absolute atomic E-state index is 0.211. The molecule has 0 atom stereocenters. The van der Waals surface area contributed by atoms with Crippen LogP contribution in [0, 0.1) is 0 Å². The second kappa shape index (κ2) is 3.89. The van der Waals surface area contributed by atoms with Crippen LogP contribution < -0.4 is 4.72 Å². The largest absolute Gasteiger partial charge is 0.267 e. The minimum atomic E-state index is -3.33. The van der Waals surface area contributed by atoms with Crippen molar-refractivity contribution in [3.8, 4) is 5.82 Å². The molecular weight excluding hydrogens is 230 g/mol. The van der Waals surface area contributed by atoms with E-state index in [0.29, 0.717) is 5.82 Å². The fraction of sp³-hybridized carbons (Fsp3) is 0.125. The van der Waals surface area contributed by atoms with Crippen molar-refractivity contribution in [3.63, 3.8) is 0 Å². The van der Waals surface area contributed by atoms with Crippen LogP contribution in [0.5, 0.6) is 0 Å². The van der Waals surface area contributed by atoms with Gasteiger partial charge in [0.05, 0.1) is 6.26 Å². The SMILES string of the molecule is CS(=O)(=O)Nc1cc(-n2cccn2)ncn1. The van der Waals surface area contributed by atoms with E-state index in [-0.39, 0.29) is 5.82 Å². The molecule has 16 heavy (non-hydrogen) atoms. The zero-order chi connectivity index (χ0) is 11.6. The Labute approximate surface area is 92.2 Å². The lowest BCUT2D eigenvalue weighted by molar-refractivity contribution is 0.606. The predicted molar refractivity (Wildman–Crippen MR) is 57.6 cm³/mol. The molecule has 0 radical (unpaired) electrons. The van der Waals surface area contributed by atoms with Gasteiger partial charge in [-0.05, 0) is 6.07 Å². The van der Waals surface area contributed by atoms with Crippen molar-refractivity contribution >= 4 is 15.8 Å². The molecule has 0 spiro atoms. The van der Waals surface area contributed by atoms with E-state index in [1.807, 2.05) is 0 Å². The molecule has 0 unspecified atom stereocenters. The number of anilines is 1. The molecule has 84 valence electrons. The second-order valence-corrected chi connectivity index (χ2v) is 4.83. The lowest BCUT2D eigenvalue weighted by Gasteiger charge is -2.04. The average Bonchev–Trinajstić information content (AvgIpc) is 2.68. The van der Waals surface area contributed by atoms with Crippen molar-refractivity contribution in [2.45, 2.75) is 0 Å². The molecule has 0 aromatic carbocycles. The maximum atomic E-state index is 11.0. The molecule has 2 aromatic heterocycles. The molecule has 0 saturated carbocycles. The van der Waals surface area contributed by atoms with E-state index in [0.717, 1.165) is 6.26 Å². The van der Waals surface area contributed by atoms with E-state index < -0.39 is 10.0 Å². The lowest BCUT2D eigenvalue weighted by atomic mass is 10.5. The third-order valence-electron chi connectivity index (χ3n) is 1.68. The molecule has 0 fully saturated rings. The highest BCUT2D eigenvalue weighted by molar-refractivity contribution is 7.92. The Morgan fingerprint density at radius 1 is 1.38 bits per heavy atom. The van der Waals surface area contributed by atoms with Gasteiger partial charge in [0, 0.05) is 18.5 Å². The van der Waals surface area contributed by atoms with Gasteiger partial charge < -0.3 is 0 Å². The lowest BCUT2D eigenvalue weighted by Crippen LogP contribution is -2.11. The zero-order valence-electron chi connectivity index (χ0n) is 8.40. The van der Waals surface area contributed by atoms with Gasteiger partial charge in [0.1, 0.15) is 12.1 Å². The summed E-state index contributed by atoms with van der Waals surface area (Å²) in [6.07, 6.45) is 5.63. The fourth-order valence-corrected chi connectivity index (χ4v) is 1.61. The van der Waals surface area contributed by atoms with Crippen LogP contribution in [0.1, 0.15) is 0 Å². The molecule has 8 heteroatoms. The minimum Gasteiger partial charge on any atom is -0.267 e. The Bertz CT molecular complexity index is 578. The highest BCUT2D eigenvalue weighted by atomic mass is 32.2. The van der Waals surface area contributed by atoms with Crippen LogP contribution in [-0.4, -0.2) is 34.4 Å². The van der Waals surface area contributed by atoms with Crippen LogP contribution in [0.3, 0.4) is 0 Å². The van der Waals surface area contributed by atoms with Crippen molar-refractivity contribution in [3.05, 3.63) is 30.9 Å². The maximum absolute atomic E-state index is 11.0. The summed E-state index contributed by atoms with van der Waals surface area (Å²) in [5, 5.41) is 3.97. The number of nitrogens with one attached hydrogen (secondary N) is 1. The van der Waals surface area contributed by atoms with Crippen molar-refractivity contribution < 1.29 is 8.42 Å². The molecule has 0 amide bonds. The van der Waals surface area contributed by atoms with Gasteiger partial charge in [-0.15, -0.1) is 0 Å². The number of hydrogen-bond donors (Lipinski definition) is 1. The molecule has 0 aliphatic heterocycles. The summed E-state index contributed by atoms with van der Waals surface area (Å²) in [6.45, 7) is 0. The van der Waals surface area contributed by atoms with Gasteiger partial charge in [-0.3, -0.25) is 4.72 Å². The van der Waals surface area contributed by atoms with E-state index in [9.17, 15) is 8.42 Å². The van der Waals surface area contributed by atoms with Gasteiger partial charge in [0.15, 0.2) is 5.82 Å². The summed E-state index contributed by atoms with van der Waals surface area (Å²) < 4.78 is 25.8. The smallest absolute Gasteiger partial charge is 0.230 e. The standard InChI is InChI=1S/C8H9N5O2S/c1-16(14,15)12-7-5-8(10-6-9-7)13-4-2-3-11-13/h2-6H,1H3,(H,9,10,12). The van der Waals surface area contributed by atoms with Gasteiger partial charge in [-0.25, -0.2) is 23.1 Å². The molecule has 7 nitrogen and oxygen atoms in total. The number of rotatable bonds is 3. The first-order valence-electron chi connectivity index (χ1n) is 4.34. The normalized spacial score (nSPS) is 11.3. The van der Waals surface area contributed by atoms with Crippen LogP contribution in [0.2, 0.25) is 0 Å². The number of hydrogen-bond acceptors (Lipinski definition) is 5. The van der Waals surface area contributed by atoms with Gasteiger partial charge in [0.2, 0.25) is 10.0 Å². The van der Waals surface area contributed by atoms with E-state index in [4.69, 9.17) is 0 Å². The van der Waals surface area contributed by atoms with E-state index in [1.165, 1.54) is 17.1 Å². The Hall–Kier alpha value is -1.96. The van der Waals surface area contributed by atoms with Crippen LogP contribution >= 0.6 is 0 Å². The molecular formula is C8H9N5O2S. The molecule has 0 aliphatic rings. The monoisotopic (exact) mass is 239 g/mol. The summed E-state index contributed by atoms with van der Waals surface area (Å²) in [7, 11) is -3.33. The van der Waals surface area contributed by atoms with Crippen LogP contribution in [0.15, 0.2) is 30.9 Å². The molecule has 2 rings (SSSR count). The predicted octanol–water partition coefficient (Wildman–Crippen LogP) is 0.0338. The van der Waals surface area contributed by atoms with E-state index in [2.05, 4.69) is 19.8 Å². The highest BCUT2D eigenvalue weighted by Crippen LogP contribution is 2.08. The first-order chi connectivity index (χ1) is 7.54.